The van der Waals surface area contributed by atoms with Crippen LogP contribution in [0.3, 0.4) is 0 Å². The van der Waals surface area contributed by atoms with Crippen LogP contribution in [0.1, 0.15) is 48.6 Å². The molecule has 132 valence electrons. The maximum atomic E-state index is 4.65. The molecule has 0 heterocycles. The summed E-state index contributed by atoms with van der Waals surface area (Å²) >= 11 is 0. The minimum atomic E-state index is 0.662. The Morgan fingerprint density at radius 1 is 1.00 bits per heavy atom. The van der Waals surface area contributed by atoms with Gasteiger partial charge in [0.1, 0.15) is 0 Å². The zero-order chi connectivity index (χ0) is 18.2. The molecule has 25 heavy (non-hydrogen) atoms. The number of hydrogen-bond acceptors (Lipinski definition) is 2. The van der Waals surface area contributed by atoms with E-state index in [1.807, 2.05) is 0 Å². The number of rotatable bonds is 8. The normalized spacial score (nSPS) is 11.6. The topological polar surface area (TPSA) is 24.4 Å². The molecule has 0 saturated carbocycles. The lowest BCUT2D eigenvalue weighted by atomic mass is 9.90. The molecule has 0 amide bonds. The number of hydrogen-bond donors (Lipinski definition) is 1. The first kappa shape index (κ1) is 19.1. The van der Waals surface area contributed by atoms with Gasteiger partial charge in [0.05, 0.1) is 6.67 Å². The molecule has 0 atom stereocenters. The van der Waals surface area contributed by atoms with Gasteiger partial charge in [-0.1, -0.05) is 62.9 Å². The van der Waals surface area contributed by atoms with Crippen molar-refractivity contribution >= 4 is 11.3 Å². The summed E-state index contributed by atoms with van der Waals surface area (Å²) in [7, 11) is 0. The monoisotopic (exact) mass is 334 g/mol. The van der Waals surface area contributed by atoms with Gasteiger partial charge in [-0.3, -0.25) is 10.3 Å². The van der Waals surface area contributed by atoms with Gasteiger partial charge in [0, 0.05) is 5.71 Å². The molecule has 2 nitrogen and oxygen atoms in total. The first-order valence-corrected chi connectivity index (χ1v) is 9.15. The van der Waals surface area contributed by atoms with Crippen molar-refractivity contribution in [3.05, 3.63) is 76.9 Å². The Kier molecular flexibility index (Phi) is 7.15. The number of nitrogens with zero attached hydrogens (tertiary/aromatic N) is 1. The van der Waals surface area contributed by atoms with Crippen molar-refractivity contribution in [2.45, 2.75) is 40.5 Å². The van der Waals surface area contributed by atoms with Crippen molar-refractivity contribution in [3.8, 4) is 0 Å². The Balaban J connectivity index is 2.26. The molecule has 2 heteroatoms. The summed E-state index contributed by atoms with van der Waals surface area (Å²) in [5.74, 6) is 0. The highest BCUT2D eigenvalue weighted by molar-refractivity contribution is 6.00. The number of benzene rings is 2. The summed E-state index contributed by atoms with van der Waals surface area (Å²) < 4.78 is 0. The lowest BCUT2D eigenvalue weighted by molar-refractivity contribution is 0.743. The van der Waals surface area contributed by atoms with Crippen molar-refractivity contribution in [1.82, 2.24) is 5.32 Å². The molecular formula is C23H30N2. The summed E-state index contributed by atoms with van der Waals surface area (Å²) in [5.41, 5.74) is 8.76. The molecule has 0 saturated heterocycles. The van der Waals surface area contributed by atoms with E-state index in [-0.39, 0.29) is 0 Å². The molecule has 0 aliphatic carbocycles. The highest BCUT2D eigenvalue weighted by atomic mass is 15.0. The molecule has 0 aliphatic heterocycles. The average molecular weight is 335 g/mol. The lowest BCUT2D eigenvalue weighted by Gasteiger charge is -2.15. The van der Waals surface area contributed by atoms with Crippen molar-refractivity contribution < 1.29 is 0 Å². The SMILES string of the molecule is C=C(Cc1ccccc1/C(C)=N/CNCC)c1cccc(CC)c1C. The molecule has 2 aromatic carbocycles. The molecule has 0 aromatic heterocycles. The fourth-order valence-electron chi connectivity index (χ4n) is 3.17. The van der Waals surface area contributed by atoms with E-state index in [0.29, 0.717) is 6.67 Å². The smallest absolute Gasteiger partial charge is 0.0887 e. The van der Waals surface area contributed by atoms with Gasteiger partial charge in [0.15, 0.2) is 0 Å². The average Bonchev–Trinajstić information content (AvgIpc) is 2.62. The summed E-state index contributed by atoms with van der Waals surface area (Å²) in [6.45, 7) is 14.6. The number of nitrogens with one attached hydrogen (secondary N) is 1. The minimum absolute atomic E-state index is 0.662. The highest BCUT2D eigenvalue weighted by Crippen LogP contribution is 2.25. The zero-order valence-electron chi connectivity index (χ0n) is 16.0. The quantitative estimate of drug-likeness (QED) is 0.521. The lowest BCUT2D eigenvalue weighted by Crippen LogP contribution is -2.14. The molecule has 1 N–H and O–H groups in total. The van der Waals surface area contributed by atoms with Gasteiger partial charge in [0.25, 0.3) is 0 Å². The fourth-order valence-corrected chi connectivity index (χ4v) is 3.17. The summed E-state index contributed by atoms with van der Waals surface area (Å²) in [6.07, 6.45) is 1.90. The van der Waals surface area contributed by atoms with Crippen LogP contribution in [0.4, 0.5) is 0 Å². The predicted octanol–water partition coefficient (Wildman–Crippen LogP) is 5.19. The van der Waals surface area contributed by atoms with Crippen LogP contribution in [0, 0.1) is 6.92 Å². The maximum Gasteiger partial charge on any atom is 0.0887 e. The molecule has 0 radical (unpaired) electrons. The van der Waals surface area contributed by atoms with E-state index in [1.165, 1.54) is 33.4 Å². The maximum absolute atomic E-state index is 4.65. The standard InChI is InChI=1S/C23H30N2/c1-6-20-12-10-14-22(18(20)4)17(3)15-21-11-8-9-13-23(21)19(5)25-16-24-7-2/h8-14,24H,3,6-7,15-16H2,1-2,4-5H3/b25-19+. The van der Waals surface area contributed by atoms with Crippen molar-refractivity contribution in [2.75, 3.05) is 13.2 Å². The number of aliphatic imine (C=N–C) groups is 1. The minimum Gasteiger partial charge on any atom is -0.299 e. The van der Waals surface area contributed by atoms with E-state index < -0.39 is 0 Å². The second-order valence-corrected chi connectivity index (χ2v) is 6.39. The van der Waals surface area contributed by atoms with Crippen LogP contribution >= 0.6 is 0 Å². The Labute approximate surface area is 152 Å². The first-order chi connectivity index (χ1) is 12.1. The van der Waals surface area contributed by atoms with Gasteiger partial charge in [-0.05, 0) is 66.6 Å². The second-order valence-electron chi connectivity index (χ2n) is 6.39. The van der Waals surface area contributed by atoms with Gasteiger partial charge in [-0.2, -0.15) is 0 Å². The van der Waals surface area contributed by atoms with Crippen molar-refractivity contribution in [3.63, 3.8) is 0 Å². The van der Waals surface area contributed by atoms with Crippen LogP contribution in [-0.4, -0.2) is 18.9 Å². The third-order valence-corrected chi connectivity index (χ3v) is 4.70. The molecular weight excluding hydrogens is 304 g/mol. The van der Waals surface area contributed by atoms with Crippen LogP contribution in [0.25, 0.3) is 5.57 Å². The zero-order valence-corrected chi connectivity index (χ0v) is 16.0. The number of aryl methyl sites for hydroxylation is 1. The van der Waals surface area contributed by atoms with Crippen LogP contribution in [0.2, 0.25) is 0 Å². The third-order valence-electron chi connectivity index (χ3n) is 4.70. The first-order valence-electron chi connectivity index (χ1n) is 9.15. The molecule has 0 bridgehead atoms. The van der Waals surface area contributed by atoms with Crippen molar-refractivity contribution in [2.24, 2.45) is 4.99 Å². The molecule has 2 aromatic rings. The largest absolute Gasteiger partial charge is 0.299 e. The summed E-state index contributed by atoms with van der Waals surface area (Å²) in [5, 5.41) is 3.25. The predicted molar refractivity (Wildman–Crippen MR) is 110 cm³/mol. The summed E-state index contributed by atoms with van der Waals surface area (Å²) in [4.78, 5) is 4.65. The van der Waals surface area contributed by atoms with E-state index in [2.05, 4.69) is 87.0 Å². The van der Waals surface area contributed by atoms with Crippen molar-refractivity contribution in [1.29, 1.82) is 0 Å². The Bertz CT molecular complexity index is 756. The van der Waals surface area contributed by atoms with Gasteiger partial charge in [0.2, 0.25) is 0 Å². The van der Waals surface area contributed by atoms with Crippen LogP contribution < -0.4 is 5.32 Å². The summed E-state index contributed by atoms with van der Waals surface area (Å²) in [6, 6.07) is 15.1. The molecule has 0 fully saturated rings. The van der Waals surface area contributed by atoms with E-state index in [0.717, 1.165) is 25.1 Å². The van der Waals surface area contributed by atoms with Crippen LogP contribution in [0.5, 0.6) is 0 Å². The number of allylic oxidation sites excluding steroid dienone is 1. The van der Waals surface area contributed by atoms with E-state index in [9.17, 15) is 0 Å². The highest BCUT2D eigenvalue weighted by Gasteiger charge is 2.10. The molecule has 0 aliphatic rings. The van der Waals surface area contributed by atoms with Crippen LogP contribution in [-0.2, 0) is 12.8 Å². The van der Waals surface area contributed by atoms with Gasteiger partial charge >= 0.3 is 0 Å². The van der Waals surface area contributed by atoms with Gasteiger partial charge in [-0.25, -0.2) is 0 Å². The van der Waals surface area contributed by atoms with E-state index in [4.69, 9.17) is 0 Å². The Hall–Kier alpha value is -2.19. The molecule has 0 unspecified atom stereocenters. The van der Waals surface area contributed by atoms with Gasteiger partial charge in [-0.15, -0.1) is 0 Å². The Morgan fingerprint density at radius 3 is 2.40 bits per heavy atom. The fraction of sp³-hybridized carbons (Fsp3) is 0.348. The third kappa shape index (κ3) is 4.90. The van der Waals surface area contributed by atoms with E-state index >= 15 is 0 Å². The molecule has 2 rings (SSSR count). The van der Waals surface area contributed by atoms with Gasteiger partial charge < -0.3 is 0 Å². The van der Waals surface area contributed by atoms with E-state index in [1.54, 1.807) is 0 Å². The Morgan fingerprint density at radius 2 is 1.68 bits per heavy atom. The molecule has 0 spiro atoms. The van der Waals surface area contributed by atoms with Crippen LogP contribution in [0.15, 0.2) is 54.0 Å². The second kappa shape index (κ2) is 9.33.